The number of amides is 1. The average molecular weight is 440 g/mol. The highest BCUT2D eigenvalue weighted by Gasteiger charge is 2.26. The molecule has 2 heterocycles. The van der Waals surface area contributed by atoms with Crippen LogP contribution in [-0.2, 0) is 10.0 Å². The van der Waals surface area contributed by atoms with Gasteiger partial charge in [0.2, 0.25) is 10.0 Å². The van der Waals surface area contributed by atoms with Gasteiger partial charge in [-0.15, -0.1) is 0 Å². The third-order valence-electron chi connectivity index (χ3n) is 5.68. The molecule has 162 valence electrons. The van der Waals surface area contributed by atoms with Gasteiger partial charge in [-0.1, -0.05) is 35.9 Å². The summed E-state index contributed by atoms with van der Waals surface area (Å²) >= 11 is 0. The fourth-order valence-corrected chi connectivity index (χ4v) is 5.06. The zero-order chi connectivity index (χ0) is 22.0. The van der Waals surface area contributed by atoms with Gasteiger partial charge in [0.15, 0.2) is 0 Å². The lowest BCUT2D eigenvalue weighted by Gasteiger charge is -2.32. The largest absolute Gasteiger partial charge is 0.337 e. The third kappa shape index (κ3) is 4.70. The van der Waals surface area contributed by atoms with Crippen LogP contribution in [0.3, 0.4) is 0 Å². The molecular formula is C23H25N3O4S. The molecule has 1 aliphatic heterocycles. The Hall–Kier alpha value is -2.97. The number of pyridine rings is 1. The number of H-pyrrole nitrogens is 1. The second-order valence-electron chi connectivity index (χ2n) is 8.02. The first kappa shape index (κ1) is 21.3. The highest BCUT2D eigenvalue weighted by Crippen LogP contribution is 2.20. The first-order chi connectivity index (χ1) is 14.8. The molecule has 2 N–H and O–H groups in total. The fourth-order valence-electron chi connectivity index (χ4n) is 3.94. The Morgan fingerprint density at radius 1 is 1.16 bits per heavy atom. The van der Waals surface area contributed by atoms with Crippen molar-refractivity contribution in [3.63, 3.8) is 0 Å². The number of piperidine rings is 1. The van der Waals surface area contributed by atoms with Gasteiger partial charge >= 0.3 is 0 Å². The van der Waals surface area contributed by atoms with E-state index >= 15 is 0 Å². The summed E-state index contributed by atoms with van der Waals surface area (Å²) in [4.78, 5) is 29.9. The SMILES string of the molecule is Cc1ccc(S(=O)(=O)NCC2CCCN(C(=O)c3cc4ccccc4c(=O)[nH]3)C2)cc1. The first-order valence-corrected chi connectivity index (χ1v) is 11.8. The minimum atomic E-state index is -3.60. The van der Waals surface area contributed by atoms with E-state index in [0.29, 0.717) is 23.9 Å². The van der Waals surface area contributed by atoms with Crippen LogP contribution in [0.25, 0.3) is 10.8 Å². The number of carbonyl (C=O) groups is 1. The van der Waals surface area contributed by atoms with Gasteiger partial charge in [0.05, 0.1) is 4.90 Å². The van der Waals surface area contributed by atoms with Crippen molar-refractivity contribution < 1.29 is 13.2 Å². The summed E-state index contributed by atoms with van der Waals surface area (Å²) in [6.07, 6.45) is 1.61. The highest BCUT2D eigenvalue weighted by molar-refractivity contribution is 7.89. The molecule has 1 unspecified atom stereocenters. The van der Waals surface area contributed by atoms with Crippen LogP contribution in [0.5, 0.6) is 0 Å². The van der Waals surface area contributed by atoms with Crippen molar-refractivity contribution in [3.8, 4) is 0 Å². The van der Waals surface area contributed by atoms with E-state index in [4.69, 9.17) is 0 Å². The molecule has 0 bridgehead atoms. The number of benzene rings is 2. The predicted molar refractivity (Wildman–Crippen MR) is 120 cm³/mol. The van der Waals surface area contributed by atoms with Crippen molar-refractivity contribution in [1.82, 2.24) is 14.6 Å². The summed E-state index contributed by atoms with van der Waals surface area (Å²) in [6.45, 7) is 3.17. The number of likely N-dealkylation sites (tertiary alicyclic amines) is 1. The lowest BCUT2D eigenvalue weighted by Crippen LogP contribution is -2.44. The molecule has 0 saturated carbocycles. The van der Waals surface area contributed by atoms with Crippen molar-refractivity contribution in [1.29, 1.82) is 0 Å². The van der Waals surface area contributed by atoms with E-state index in [1.807, 2.05) is 13.0 Å². The van der Waals surface area contributed by atoms with Gasteiger partial charge < -0.3 is 9.88 Å². The Bertz CT molecular complexity index is 1270. The van der Waals surface area contributed by atoms with Crippen LogP contribution in [-0.4, -0.2) is 43.8 Å². The van der Waals surface area contributed by atoms with Crippen molar-refractivity contribution >= 4 is 26.7 Å². The Labute approximate surface area is 181 Å². The van der Waals surface area contributed by atoms with E-state index in [1.54, 1.807) is 53.4 Å². The molecule has 1 amide bonds. The van der Waals surface area contributed by atoms with Crippen molar-refractivity contribution in [2.24, 2.45) is 5.92 Å². The molecule has 1 fully saturated rings. The Morgan fingerprint density at radius 3 is 2.68 bits per heavy atom. The van der Waals surface area contributed by atoms with Gasteiger partial charge in [0, 0.05) is 25.0 Å². The quantitative estimate of drug-likeness (QED) is 0.638. The molecule has 1 saturated heterocycles. The molecule has 1 aliphatic rings. The molecule has 1 atom stereocenters. The lowest BCUT2D eigenvalue weighted by molar-refractivity contribution is 0.0670. The van der Waals surface area contributed by atoms with E-state index in [2.05, 4.69) is 9.71 Å². The van der Waals surface area contributed by atoms with Gasteiger partial charge in [-0.25, -0.2) is 13.1 Å². The summed E-state index contributed by atoms with van der Waals surface area (Å²) in [5.74, 6) is -0.237. The van der Waals surface area contributed by atoms with E-state index < -0.39 is 10.0 Å². The smallest absolute Gasteiger partial charge is 0.270 e. The average Bonchev–Trinajstić information content (AvgIpc) is 2.78. The van der Waals surface area contributed by atoms with E-state index in [9.17, 15) is 18.0 Å². The summed E-state index contributed by atoms with van der Waals surface area (Å²) in [5.41, 5.74) is 0.956. The minimum Gasteiger partial charge on any atom is -0.337 e. The van der Waals surface area contributed by atoms with E-state index in [0.717, 1.165) is 18.4 Å². The number of hydrogen-bond acceptors (Lipinski definition) is 4. The second kappa shape index (κ2) is 8.64. The van der Waals surface area contributed by atoms with Crippen molar-refractivity contribution in [2.45, 2.75) is 24.7 Å². The normalized spacial score (nSPS) is 17.1. The second-order valence-corrected chi connectivity index (χ2v) is 9.79. The van der Waals surface area contributed by atoms with Crippen LogP contribution in [0.15, 0.2) is 64.3 Å². The summed E-state index contributed by atoms with van der Waals surface area (Å²) < 4.78 is 27.8. The Balaban J connectivity index is 1.44. The lowest BCUT2D eigenvalue weighted by atomic mass is 9.98. The number of nitrogens with zero attached hydrogens (tertiary/aromatic N) is 1. The van der Waals surface area contributed by atoms with Crippen LogP contribution < -0.4 is 10.3 Å². The van der Waals surface area contributed by atoms with Crippen LogP contribution in [0.4, 0.5) is 0 Å². The molecule has 2 aromatic carbocycles. The fraction of sp³-hybridized carbons (Fsp3) is 0.304. The standard InChI is InChI=1S/C23H25N3O4S/c1-16-8-10-19(11-9-16)31(29,30)24-14-17-5-4-12-26(15-17)23(28)21-13-18-6-2-3-7-20(18)22(27)25-21/h2-3,6-11,13,17,24H,4-5,12,14-15H2,1H3,(H,25,27). The highest BCUT2D eigenvalue weighted by atomic mass is 32.2. The molecule has 31 heavy (non-hydrogen) atoms. The molecule has 4 rings (SSSR count). The number of carbonyl (C=O) groups excluding carboxylic acids is 1. The minimum absolute atomic E-state index is 0.00472. The monoisotopic (exact) mass is 439 g/mol. The zero-order valence-corrected chi connectivity index (χ0v) is 18.1. The third-order valence-corrected chi connectivity index (χ3v) is 7.12. The Kier molecular flexibility index (Phi) is 5.93. The number of rotatable bonds is 5. The van der Waals surface area contributed by atoms with Crippen LogP contribution >= 0.6 is 0 Å². The van der Waals surface area contributed by atoms with Gasteiger partial charge in [-0.3, -0.25) is 9.59 Å². The molecule has 0 spiro atoms. The number of nitrogens with one attached hydrogen (secondary N) is 2. The summed E-state index contributed by atoms with van der Waals surface area (Å²) in [5, 5.41) is 1.26. The zero-order valence-electron chi connectivity index (χ0n) is 17.3. The number of aromatic amines is 1. The first-order valence-electron chi connectivity index (χ1n) is 10.3. The maximum Gasteiger partial charge on any atom is 0.270 e. The van der Waals surface area contributed by atoms with Gasteiger partial charge in [-0.05, 0) is 55.3 Å². The molecule has 0 radical (unpaired) electrons. The number of sulfonamides is 1. The van der Waals surface area contributed by atoms with Crippen LogP contribution in [0, 0.1) is 12.8 Å². The van der Waals surface area contributed by atoms with Gasteiger partial charge in [0.1, 0.15) is 5.69 Å². The summed E-state index contributed by atoms with van der Waals surface area (Å²) in [7, 11) is -3.60. The number of aryl methyl sites for hydroxylation is 1. The van der Waals surface area contributed by atoms with Crippen molar-refractivity contribution in [2.75, 3.05) is 19.6 Å². The molecule has 3 aromatic rings. The Morgan fingerprint density at radius 2 is 1.90 bits per heavy atom. The number of hydrogen-bond donors (Lipinski definition) is 2. The van der Waals surface area contributed by atoms with E-state index in [-0.39, 0.29) is 34.5 Å². The topological polar surface area (TPSA) is 99.3 Å². The number of fused-ring (bicyclic) bond motifs is 1. The van der Waals surface area contributed by atoms with Crippen LogP contribution in [0.2, 0.25) is 0 Å². The maximum absolute atomic E-state index is 13.0. The predicted octanol–water partition coefficient (Wildman–Crippen LogP) is 2.67. The van der Waals surface area contributed by atoms with Crippen molar-refractivity contribution in [3.05, 3.63) is 76.2 Å². The molecular weight excluding hydrogens is 414 g/mol. The number of aromatic nitrogens is 1. The molecule has 7 nitrogen and oxygen atoms in total. The van der Waals surface area contributed by atoms with Gasteiger partial charge in [-0.2, -0.15) is 0 Å². The van der Waals surface area contributed by atoms with E-state index in [1.165, 1.54) is 0 Å². The molecule has 1 aromatic heterocycles. The summed E-state index contributed by atoms with van der Waals surface area (Å²) in [6, 6.07) is 15.5. The maximum atomic E-state index is 13.0. The molecule has 8 heteroatoms. The van der Waals surface area contributed by atoms with Gasteiger partial charge in [0.25, 0.3) is 11.5 Å². The van der Waals surface area contributed by atoms with Crippen LogP contribution in [0.1, 0.15) is 28.9 Å². The molecule has 0 aliphatic carbocycles.